The van der Waals surface area contributed by atoms with E-state index in [-0.39, 0.29) is 4.32 Å². The smallest absolute Gasteiger partial charge is 0.344 e. The number of hydrogen-bond donors (Lipinski definition) is 2. The lowest BCUT2D eigenvalue weighted by Crippen LogP contribution is -2.44. The standard InChI is InChI=1S/C21H17ClN2O5S2/c1-2-16(20(27)28)29-15-9-3-12(4-10-15)11-17-19(26)24(21(30)31-17)23-18(25)13-5-7-14(22)8-6-13/h3-11,16H,2H2,1H3,(H,23,25)(H,27,28)/b17-11+. The third kappa shape index (κ3) is 5.63. The van der Waals surface area contributed by atoms with Gasteiger partial charge in [0.15, 0.2) is 10.4 Å². The predicted octanol–water partition coefficient (Wildman–Crippen LogP) is 4.13. The molecule has 0 saturated carbocycles. The van der Waals surface area contributed by atoms with E-state index in [4.69, 9.17) is 33.7 Å². The number of aliphatic carboxylic acids is 1. The van der Waals surface area contributed by atoms with Crippen molar-refractivity contribution >= 4 is 63.8 Å². The van der Waals surface area contributed by atoms with Crippen molar-refractivity contribution in [3.05, 3.63) is 69.6 Å². The molecule has 31 heavy (non-hydrogen) atoms. The summed E-state index contributed by atoms with van der Waals surface area (Å²) < 4.78 is 5.62. The molecule has 3 rings (SSSR count). The molecule has 1 atom stereocenters. The van der Waals surface area contributed by atoms with Crippen molar-refractivity contribution in [1.82, 2.24) is 10.4 Å². The number of nitrogens with one attached hydrogen (secondary N) is 1. The quantitative estimate of drug-likeness (QED) is 0.458. The summed E-state index contributed by atoms with van der Waals surface area (Å²) in [5.41, 5.74) is 3.53. The van der Waals surface area contributed by atoms with Gasteiger partial charge in [-0.3, -0.25) is 15.0 Å². The molecule has 1 heterocycles. The molecule has 1 unspecified atom stereocenters. The molecule has 160 valence electrons. The number of thioether (sulfide) groups is 1. The molecule has 7 nitrogen and oxygen atoms in total. The van der Waals surface area contributed by atoms with Crippen LogP contribution in [0.25, 0.3) is 6.08 Å². The Bertz CT molecular complexity index is 1050. The van der Waals surface area contributed by atoms with Gasteiger partial charge in [-0.25, -0.2) is 4.79 Å². The molecule has 1 saturated heterocycles. The first kappa shape index (κ1) is 22.8. The highest BCUT2D eigenvalue weighted by molar-refractivity contribution is 8.26. The molecule has 2 aromatic rings. The molecule has 1 fully saturated rings. The van der Waals surface area contributed by atoms with Crippen molar-refractivity contribution in [2.24, 2.45) is 0 Å². The number of benzene rings is 2. The van der Waals surface area contributed by atoms with E-state index in [0.717, 1.165) is 16.8 Å². The lowest BCUT2D eigenvalue weighted by molar-refractivity contribution is -0.145. The molecule has 2 aromatic carbocycles. The number of carboxylic acids is 1. The van der Waals surface area contributed by atoms with E-state index in [1.165, 1.54) is 0 Å². The van der Waals surface area contributed by atoms with Crippen LogP contribution in [0.15, 0.2) is 53.4 Å². The Hall–Kier alpha value is -2.88. The second-order valence-corrected chi connectivity index (χ2v) is 8.50. The molecule has 2 N–H and O–H groups in total. The van der Waals surface area contributed by atoms with Crippen molar-refractivity contribution in [3.63, 3.8) is 0 Å². The van der Waals surface area contributed by atoms with Crippen molar-refractivity contribution < 1.29 is 24.2 Å². The van der Waals surface area contributed by atoms with E-state index in [9.17, 15) is 14.4 Å². The number of nitrogens with zero attached hydrogens (tertiary/aromatic N) is 1. The normalized spacial score (nSPS) is 15.8. The van der Waals surface area contributed by atoms with E-state index in [1.54, 1.807) is 61.5 Å². The van der Waals surface area contributed by atoms with Crippen LogP contribution in [0.3, 0.4) is 0 Å². The fourth-order valence-electron chi connectivity index (χ4n) is 2.60. The topological polar surface area (TPSA) is 95.9 Å². The first-order valence-electron chi connectivity index (χ1n) is 9.12. The maximum Gasteiger partial charge on any atom is 0.344 e. The molecule has 10 heteroatoms. The third-order valence-electron chi connectivity index (χ3n) is 4.22. The Labute approximate surface area is 193 Å². The van der Waals surface area contributed by atoms with Crippen LogP contribution in [0.4, 0.5) is 0 Å². The summed E-state index contributed by atoms with van der Waals surface area (Å²) in [5, 5.41) is 10.6. The molecule has 1 aliphatic rings. The van der Waals surface area contributed by atoms with Crippen molar-refractivity contribution in [2.45, 2.75) is 19.4 Å². The number of carbonyl (C=O) groups excluding carboxylic acids is 2. The Morgan fingerprint density at radius 1 is 1.23 bits per heavy atom. The summed E-state index contributed by atoms with van der Waals surface area (Å²) in [4.78, 5) is 36.5. The lowest BCUT2D eigenvalue weighted by atomic mass is 10.2. The zero-order valence-corrected chi connectivity index (χ0v) is 18.6. The van der Waals surface area contributed by atoms with Gasteiger partial charge in [-0.1, -0.05) is 42.4 Å². The maximum absolute atomic E-state index is 12.7. The fraction of sp³-hybridized carbons (Fsp3) is 0.143. The van der Waals surface area contributed by atoms with E-state index < -0.39 is 23.9 Å². The fourth-order valence-corrected chi connectivity index (χ4v) is 3.90. The minimum atomic E-state index is -1.03. The summed E-state index contributed by atoms with van der Waals surface area (Å²) in [6.07, 6.45) is 1.04. The number of halogens is 1. The van der Waals surface area contributed by atoms with Crippen LogP contribution in [0.2, 0.25) is 5.02 Å². The minimum Gasteiger partial charge on any atom is -0.479 e. The Morgan fingerprint density at radius 3 is 2.45 bits per heavy atom. The van der Waals surface area contributed by atoms with Gasteiger partial charge in [0, 0.05) is 10.6 Å². The second-order valence-electron chi connectivity index (χ2n) is 6.39. The Kier molecular flexibility index (Phi) is 7.32. The van der Waals surface area contributed by atoms with E-state index in [0.29, 0.717) is 33.2 Å². The van der Waals surface area contributed by atoms with Gasteiger partial charge in [0.1, 0.15) is 5.75 Å². The van der Waals surface area contributed by atoms with Crippen LogP contribution >= 0.6 is 35.6 Å². The monoisotopic (exact) mass is 476 g/mol. The molecule has 0 aliphatic carbocycles. The van der Waals surface area contributed by atoms with Gasteiger partial charge in [0.2, 0.25) is 0 Å². The number of thiocarbonyl (C=S) groups is 1. The summed E-state index contributed by atoms with van der Waals surface area (Å²) in [7, 11) is 0. The van der Waals surface area contributed by atoms with Gasteiger partial charge in [0.05, 0.1) is 4.91 Å². The van der Waals surface area contributed by atoms with Crippen molar-refractivity contribution in [1.29, 1.82) is 0 Å². The highest BCUT2D eigenvalue weighted by Gasteiger charge is 2.33. The zero-order valence-electron chi connectivity index (χ0n) is 16.2. The highest BCUT2D eigenvalue weighted by Crippen LogP contribution is 2.32. The van der Waals surface area contributed by atoms with Crippen LogP contribution in [0, 0.1) is 0 Å². The number of hydrogen-bond acceptors (Lipinski definition) is 6. The Morgan fingerprint density at radius 2 is 1.87 bits per heavy atom. The largest absolute Gasteiger partial charge is 0.479 e. The van der Waals surface area contributed by atoms with Crippen LogP contribution in [0.5, 0.6) is 5.75 Å². The number of ether oxygens (including phenoxy) is 1. The first-order valence-corrected chi connectivity index (χ1v) is 10.7. The average Bonchev–Trinajstić information content (AvgIpc) is 3.00. The highest BCUT2D eigenvalue weighted by atomic mass is 35.5. The molecule has 1 aliphatic heterocycles. The first-order chi connectivity index (χ1) is 14.8. The summed E-state index contributed by atoms with van der Waals surface area (Å²) >= 11 is 12.1. The number of amides is 2. The summed E-state index contributed by atoms with van der Waals surface area (Å²) in [6, 6.07) is 12.9. The van der Waals surface area contributed by atoms with Crippen LogP contribution in [-0.2, 0) is 9.59 Å². The van der Waals surface area contributed by atoms with Crippen LogP contribution < -0.4 is 10.2 Å². The van der Waals surface area contributed by atoms with E-state index in [2.05, 4.69) is 5.43 Å². The van der Waals surface area contributed by atoms with E-state index >= 15 is 0 Å². The average molecular weight is 477 g/mol. The van der Waals surface area contributed by atoms with Gasteiger partial charge in [-0.2, -0.15) is 5.01 Å². The van der Waals surface area contributed by atoms with Crippen molar-refractivity contribution in [2.75, 3.05) is 0 Å². The molecular formula is C21H17ClN2O5S2. The molecule has 0 aromatic heterocycles. The summed E-state index contributed by atoms with van der Waals surface area (Å²) in [6.45, 7) is 1.72. The molecule has 0 spiro atoms. The predicted molar refractivity (Wildman–Crippen MR) is 123 cm³/mol. The number of rotatable bonds is 7. The van der Waals surface area contributed by atoms with Crippen LogP contribution in [0.1, 0.15) is 29.3 Å². The van der Waals surface area contributed by atoms with Gasteiger partial charge in [-0.05, 0) is 66.7 Å². The third-order valence-corrected chi connectivity index (χ3v) is 5.77. The van der Waals surface area contributed by atoms with Crippen LogP contribution in [-0.4, -0.2) is 38.3 Å². The second kappa shape index (κ2) is 9.95. The number of hydrazine groups is 1. The molecule has 2 amide bonds. The molecule has 0 bridgehead atoms. The summed E-state index contributed by atoms with van der Waals surface area (Å²) in [5.74, 6) is -1.56. The minimum absolute atomic E-state index is 0.200. The van der Waals surface area contributed by atoms with Gasteiger partial charge >= 0.3 is 5.97 Å². The van der Waals surface area contributed by atoms with Gasteiger partial charge < -0.3 is 9.84 Å². The van der Waals surface area contributed by atoms with Gasteiger partial charge in [0.25, 0.3) is 11.8 Å². The molecule has 0 radical (unpaired) electrons. The van der Waals surface area contributed by atoms with Crippen molar-refractivity contribution in [3.8, 4) is 5.75 Å². The zero-order chi connectivity index (χ0) is 22.5. The Balaban J connectivity index is 1.69. The van der Waals surface area contributed by atoms with E-state index in [1.807, 2.05) is 0 Å². The van der Waals surface area contributed by atoms with Gasteiger partial charge in [-0.15, -0.1) is 0 Å². The number of carboxylic acid groups (broad SMARTS) is 1. The lowest BCUT2D eigenvalue weighted by Gasteiger charge is -2.15. The number of carbonyl (C=O) groups is 3. The maximum atomic E-state index is 12.7. The molecular weight excluding hydrogens is 460 g/mol. The SMILES string of the molecule is CCC(Oc1ccc(/C=C2/SC(=S)N(NC(=O)c3ccc(Cl)cc3)C2=O)cc1)C(=O)O.